The van der Waals surface area contributed by atoms with Crippen LogP contribution in [0.4, 0.5) is 28.8 Å². The van der Waals surface area contributed by atoms with Crippen molar-refractivity contribution in [2.24, 2.45) is 0 Å². The molecule has 2 aromatic carbocycles. The predicted octanol–water partition coefficient (Wildman–Crippen LogP) is 4.27. The number of morpholine rings is 1. The van der Waals surface area contributed by atoms with Crippen molar-refractivity contribution in [3.63, 3.8) is 0 Å². The number of aromatic nitrogens is 6. The molecule has 3 aromatic heterocycles. The Bertz CT molecular complexity index is 1440. The number of nitrogens with one attached hydrogen (secondary N) is 4. The Balaban J connectivity index is 1.31. The van der Waals surface area contributed by atoms with Crippen molar-refractivity contribution in [1.82, 2.24) is 30.1 Å². The van der Waals surface area contributed by atoms with E-state index in [1.54, 1.807) is 18.1 Å². The fourth-order valence-corrected chi connectivity index (χ4v) is 4.59. The number of imidazole rings is 1. The van der Waals surface area contributed by atoms with Gasteiger partial charge >= 0.3 is 0 Å². The minimum absolute atomic E-state index is 0.480. The van der Waals surface area contributed by atoms with Crippen LogP contribution < -0.4 is 15.5 Å². The lowest BCUT2D eigenvalue weighted by atomic mass is 10.2. The van der Waals surface area contributed by atoms with Crippen LogP contribution in [0, 0.1) is 0 Å². The number of aromatic amines is 2. The highest BCUT2D eigenvalue weighted by Crippen LogP contribution is 2.32. The smallest absolute Gasteiger partial charge is 0.231 e. The van der Waals surface area contributed by atoms with Gasteiger partial charge in [0.2, 0.25) is 5.95 Å². The highest BCUT2D eigenvalue weighted by Gasteiger charge is 2.16. The van der Waals surface area contributed by atoms with Crippen LogP contribution in [0.5, 0.6) is 0 Å². The molecule has 0 atom stereocenters. The van der Waals surface area contributed by atoms with E-state index in [0.29, 0.717) is 17.4 Å². The Morgan fingerprint density at radius 2 is 1.82 bits per heavy atom. The van der Waals surface area contributed by atoms with E-state index in [1.807, 2.05) is 36.6 Å². The molecule has 1 saturated heterocycles. The Morgan fingerprint density at radius 3 is 2.65 bits per heavy atom. The second-order valence-electron chi connectivity index (χ2n) is 7.88. The van der Waals surface area contributed by atoms with Crippen molar-refractivity contribution in [2.45, 2.75) is 5.03 Å². The van der Waals surface area contributed by atoms with E-state index in [0.717, 1.165) is 59.1 Å². The van der Waals surface area contributed by atoms with Gasteiger partial charge in [-0.3, -0.25) is 5.10 Å². The number of ether oxygens (including phenoxy) is 1. The number of fused-ring (bicyclic) bond motifs is 2. The number of H-pyrrole nitrogens is 2. The molecular formula is C23H23N9OS. The summed E-state index contributed by atoms with van der Waals surface area (Å²) in [6, 6.07) is 14.2. The monoisotopic (exact) mass is 473 g/mol. The van der Waals surface area contributed by atoms with Crippen LogP contribution in [-0.4, -0.2) is 62.7 Å². The third kappa shape index (κ3) is 3.99. The van der Waals surface area contributed by atoms with Crippen LogP contribution in [0.3, 0.4) is 0 Å². The van der Waals surface area contributed by atoms with E-state index < -0.39 is 0 Å². The first-order chi connectivity index (χ1) is 16.8. The van der Waals surface area contributed by atoms with Crippen LogP contribution in [0.25, 0.3) is 22.1 Å². The second kappa shape index (κ2) is 8.84. The lowest BCUT2D eigenvalue weighted by molar-refractivity contribution is 0.122. The molecule has 0 bridgehead atoms. The zero-order chi connectivity index (χ0) is 22.9. The lowest BCUT2D eigenvalue weighted by Gasteiger charge is -2.28. The third-order valence-electron chi connectivity index (χ3n) is 5.76. The topological polar surface area (TPSA) is 120 Å². The first-order valence-corrected chi connectivity index (χ1v) is 12.2. The van der Waals surface area contributed by atoms with Crippen molar-refractivity contribution in [1.29, 1.82) is 0 Å². The lowest BCUT2D eigenvalue weighted by Crippen LogP contribution is -2.36. The van der Waals surface area contributed by atoms with Crippen LogP contribution in [0.1, 0.15) is 0 Å². The molecule has 0 amide bonds. The van der Waals surface area contributed by atoms with Crippen molar-refractivity contribution >= 4 is 62.7 Å². The van der Waals surface area contributed by atoms with Crippen molar-refractivity contribution < 1.29 is 4.74 Å². The van der Waals surface area contributed by atoms with Gasteiger partial charge in [0.15, 0.2) is 5.65 Å². The van der Waals surface area contributed by atoms with Crippen molar-refractivity contribution in [3.05, 3.63) is 48.8 Å². The largest absolute Gasteiger partial charge is 0.378 e. The molecule has 0 unspecified atom stereocenters. The quantitative estimate of drug-likeness (QED) is 0.268. The number of hydrogen-bond acceptors (Lipinski definition) is 9. The van der Waals surface area contributed by atoms with Gasteiger partial charge < -0.3 is 25.3 Å². The molecule has 5 aromatic rings. The fourth-order valence-electron chi connectivity index (χ4n) is 4.05. The maximum atomic E-state index is 5.45. The summed E-state index contributed by atoms with van der Waals surface area (Å²) in [5, 5.41) is 15.9. The summed E-state index contributed by atoms with van der Waals surface area (Å²) in [5.74, 6) is 1.16. The summed E-state index contributed by atoms with van der Waals surface area (Å²) < 4.78 is 5.45. The predicted molar refractivity (Wildman–Crippen MR) is 136 cm³/mol. The number of benzene rings is 2. The van der Waals surface area contributed by atoms with Gasteiger partial charge in [-0.2, -0.15) is 15.1 Å². The van der Waals surface area contributed by atoms with Gasteiger partial charge in [0.1, 0.15) is 10.8 Å². The van der Waals surface area contributed by atoms with Gasteiger partial charge in [0.05, 0.1) is 36.0 Å². The molecule has 1 aliphatic heterocycles. The number of nitrogens with zero attached hydrogens (tertiary/aromatic N) is 5. The minimum Gasteiger partial charge on any atom is -0.378 e. The summed E-state index contributed by atoms with van der Waals surface area (Å²) in [5.41, 5.74) is 5.51. The van der Waals surface area contributed by atoms with E-state index in [9.17, 15) is 0 Å². The van der Waals surface area contributed by atoms with Gasteiger partial charge in [-0.05, 0) is 48.7 Å². The minimum atomic E-state index is 0.480. The molecular weight excluding hydrogens is 450 g/mol. The van der Waals surface area contributed by atoms with Crippen molar-refractivity contribution in [3.8, 4) is 0 Å². The molecule has 1 aliphatic rings. The molecule has 11 heteroatoms. The SMILES string of the molecule is CSc1n[nH]c2nc(Nc3ccc(N4CCOCC4)cc3)nc(Nc3ccc4nc[nH]c4c3)c12. The summed E-state index contributed by atoms with van der Waals surface area (Å²) in [6.45, 7) is 3.34. The summed E-state index contributed by atoms with van der Waals surface area (Å²) in [6.07, 6.45) is 3.67. The van der Waals surface area contributed by atoms with E-state index in [-0.39, 0.29) is 0 Å². The molecule has 4 heterocycles. The highest BCUT2D eigenvalue weighted by atomic mass is 32.2. The average molecular weight is 474 g/mol. The molecule has 1 fully saturated rings. The van der Waals surface area contributed by atoms with Gasteiger partial charge in [-0.1, -0.05) is 0 Å². The number of hydrogen-bond donors (Lipinski definition) is 4. The molecule has 0 spiro atoms. The van der Waals surface area contributed by atoms with E-state index in [2.05, 4.69) is 52.8 Å². The maximum absolute atomic E-state index is 5.45. The van der Waals surface area contributed by atoms with E-state index in [4.69, 9.17) is 9.72 Å². The van der Waals surface area contributed by atoms with Gasteiger partial charge in [0, 0.05) is 30.2 Å². The van der Waals surface area contributed by atoms with Gasteiger partial charge in [-0.15, -0.1) is 11.8 Å². The van der Waals surface area contributed by atoms with Crippen molar-refractivity contribution in [2.75, 3.05) is 48.1 Å². The van der Waals surface area contributed by atoms with Crippen LogP contribution in [0.15, 0.2) is 53.8 Å². The molecule has 0 saturated carbocycles. The summed E-state index contributed by atoms with van der Waals surface area (Å²) in [4.78, 5) is 19.2. The first kappa shape index (κ1) is 20.8. The number of anilines is 5. The first-order valence-electron chi connectivity index (χ1n) is 11.0. The zero-order valence-electron chi connectivity index (χ0n) is 18.5. The maximum Gasteiger partial charge on any atom is 0.231 e. The number of rotatable bonds is 6. The average Bonchev–Trinajstić information content (AvgIpc) is 3.51. The Morgan fingerprint density at radius 1 is 1.00 bits per heavy atom. The molecule has 10 nitrogen and oxygen atoms in total. The summed E-state index contributed by atoms with van der Waals surface area (Å²) >= 11 is 1.55. The van der Waals surface area contributed by atoms with Crippen LogP contribution >= 0.6 is 11.8 Å². The zero-order valence-corrected chi connectivity index (χ0v) is 19.3. The van der Waals surface area contributed by atoms with Gasteiger partial charge in [0.25, 0.3) is 0 Å². The summed E-state index contributed by atoms with van der Waals surface area (Å²) in [7, 11) is 0. The van der Waals surface area contributed by atoms with Crippen LogP contribution in [-0.2, 0) is 4.74 Å². The van der Waals surface area contributed by atoms with E-state index >= 15 is 0 Å². The number of thioether (sulfide) groups is 1. The molecule has 4 N–H and O–H groups in total. The highest BCUT2D eigenvalue weighted by molar-refractivity contribution is 7.98. The molecule has 0 radical (unpaired) electrons. The standard InChI is InChI=1S/C23H23N9OS/c1-34-22-19-20(26-15-4-7-17-18(12-15)25-13-24-17)28-23(29-21(19)30-31-22)27-14-2-5-16(6-3-14)32-8-10-33-11-9-32/h2-7,12-13H,8-11H2,1H3,(H,24,25)(H3,26,27,28,29,30,31). The fraction of sp³-hybridized carbons (Fsp3) is 0.217. The van der Waals surface area contributed by atoms with Crippen LogP contribution in [0.2, 0.25) is 0 Å². The Kier molecular flexibility index (Phi) is 5.40. The van der Waals surface area contributed by atoms with Gasteiger partial charge in [-0.25, -0.2) is 4.98 Å². The molecule has 6 rings (SSSR count). The Labute approximate surface area is 199 Å². The second-order valence-corrected chi connectivity index (χ2v) is 8.68. The normalized spacial score (nSPS) is 14.1. The van der Waals surface area contributed by atoms with E-state index in [1.165, 1.54) is 5.69 Å². The molecule has 172 valence electrons. The molecule has 34 heavy (non-hydrogen) atoms. The third-order valence-corrected chi connectivity index (χ3v) is 6.44. The Hall–Kier alpha value is -3.83. The molecule has 0 aliphatic carbocycles.